The molecule has 1 aliphatic heterocycles. The van der Waals surface area contributed by atoms with Gasteiger partial charge in [-0.2, -0.15) is 0 Å². The van der Waals surface area contributed by atoms with Crippen LogP contribution in [0.25, 0.3) is 10.4 Å². The average Bonchev–Trinajstić information content (AvgIpc) is 3.53. The maximum absolute atomic E-state index is 15.1. The van der Waals surface area contributed by atoms with Crippen LogP contribution < -0.4 is 15.8 Å². The van der Waals surface area contributed by atoms with Crippen molar-refractivity contribution in [2.24, 2.45) is 5.73 Å². The highest BCUT2D eigenvalue weighted by Gasteiger charge is 2.46. The summed E-state index contributed by atoms with van der Waals surface area (Å²) in [5.41, 5.74) is 6.96. The molecule has 2 aromatic carbocycles. The summed E-state index contributed by atoms with van der Waals surface area (Å²) in [5.74, 6) is -0.892. The topological polar surface area (TPSA) is 132 Å². The van der Waals surface area contributed by atoms with Crippen molar-refractivity contribution in [2.75, 3.05) is 24.7 Å². The molecule has 0 radical (unpaired) electrons. The Balaban J connectivity index is 1.39. The molecule has 2 heterocycles. The highest BCUT2D eigenvalue weighted by molar-refractivity contribution is 7.90. The molecule has 1 fully saturated rings. The van der Waals surface area contributed by atoms with Crippen LogP contribution in [-0.2, 0) is 27.6 Å². The molecule has 5 rings (SSSR count). The zero-order chi connectivity index (χ0) is 27.2. The maximum Gasteiger partial charge on any atom is 0.254 e. The SMILES string of the molecule is CCc1c(C(=O)N2CCOc3ccc(-c4cnc(NC(=O)C5(N)CC5)s4)cc3C2)ccc(S(C)(=O)=O)c1F. The van der Waals surface area contributed by atoms with Gasteiger partial charge in [-0.25, -0.2) is 17.8 Å². The Morgan fingerprint density at radius 3 is 2.71 bits per heavy atom. The number of benzene rings is 2. The van der Waals surface area contributed by atoms with Crippen LogP contribution >= 0.6 is 11.3 Å². The molecule has 38 heavy (non-hydrogen) atoms. The van der Waals surface area contributed by atoms with E-state index in [2.05, 4.69) is 10.3 Å². The molecule has 2 aliphatic rings. The Morgan fingerprint density at radius 2 is 2.03 bits per heavy atom. The second-order valence-corrected chi connectivity index (χ2v) is 12.6. The van der Waals surface area contributed by atoms with E-state index >= 15 is 4.39 Å². The number of nitrogens with one attached hydrogen (secondary N) is 1. The van der Waals surface area contributed by atoms with E-state index in [1.807, 2.05) is 18.2 Å². The third-order valence-corrected chi connectivity index (χ3v) is 8.85. The standard InChI is InChI=1S/C26H27FN4O5S2/c1-3-17-18(5-7-21(22(17)27)38(2,34)35)23(32)31-10-11-36-19-6-4-15(12-16(19)14-31)20-13-29-25(37-20)30-24(33)26(28)8-9-26/h4-7,12-13H,3,8-11,14,28H2,1-2H3,(H,29,30,33). The zero-order valence-electron chi connectivity index (χ0n) is 20.9. The number of sulfone groups is 1. The summed E-state index contributed by atoms with van der Waals surface area (Å²) in [6.45, 7) is 2.43. The molecule has 3 N–H and O–H groups in total. The van der Waals surface area contributed by atoms with E-state index in [0.717, 1.165) is 28.3 Å². The number of amides is 2. The van der Waals surface area contributed by atoms with Crippen LogP contribution in [-0.4, -0.2) is 55.1 Å². The van der Waals surface area contributed by atoms with E-state index in [9.17, 15) is 18.0 Å². The fraction of sp³-hybridized carbons (Fsp3) is 0.346. The molecule has 2 amide bonds. The van der Waals surface area contributed by atoms with Crippen LogP contribution in [0.1, 0.15) is 41.3 Å². The van der Waals surface area contributed by atoms with E-state index in [0.29, 0.717) is 23.7 Å². The van der Waals surface area contributed by atoms with Gasteiger partial charge in [0.15, 0.2) is 15.0 Å². The lowest BCUT2D eigenvalue weighted by molar-refractivity contribution is -0.118. The smallest absolute Gasteiger partial charge is 0.254 e. The predicted octanol–water partition coefficient (Wildman–Crippen LogP) is 3.38. The molecule has 0 atom stereocenters. The van der Waals surface area contributed by atoms with Crippen molar-refractivity contribution < 1.29 is 27.1 Å². The number of rotatable bonds is 6. The summed E-state index contributed by atoms with van der Waals surface area (Å²) in [5, 5.41) is 3.23. The molecule has 0 saturated heterocycles. The Morgan fingerprint density at radius 1 is 1.26 bits per heavy atom. The minimum Gasteiger partial charge on any atom is -0.491 e. The summed E-state index contributed by atoms with van der Waals surface area (Å²) >= 11 is 1.32. The van der Waals surface area contributed by atoms with Crippen LogP contribution in [0.3, 0.4) is 0 Å². The van der Waals surface area contributed by atoms with Gasteiger partial charge in [0.1, 0.15) is 23.1 Å². The van der Waals surface area contributed by atoms with Gasteiger partial charge in [0.25, 0.3) is 5.91 Å². The zero-order valence-corrected chi connectivity index (χ0v) is 22.5. The minimum absolute atomic E-state index is 0.0711. The predicted molar refractivity (Wildman–Crippen MR) is 141 cm³/mol. The number of fused-ring (bicyclic) bond motifs is 1. The molecule has 12 heteroatoms. The van der Waals surface area contributed by atoms with Gasteiger partial charge in [-0.1, -0.05) is 18.3 Å². The van der Waals surface area contributed by atoms with E-state index < -0.39 is 32.0 Å². The van der Waals surface area contributed by atoms with Gasteiger partial charge >= 0.3 is 0 Å². The van der Waals surface area contributed by atoms with Crippen molar-refractivity contribution in [1.82, 2.24) is 9.88 Å². The summed E-state index contributed by atoms with van der Waals surface area (Å²) in [4.78, 5) is 32.0. The summed E-state index contributed by atoms with van der Waals surface area (Å²) < 4.78 is 44.8. The number of anilines is 1. The molecule has 1 saturated carbocycles. The molecule has 1 aliphatic carbocycles. The molecular weight excluding hydrogens is 531 g/mol. The fourth-order valence-corrected chi connectivity index (χ4v) is 5.94. The Kier molecular flexibility index (Phi) is 6.74. The summed E-state index contributed by atoms with van der Waals surface area (Å²) in [6, 6.07) is 8.14. The Bertz CT molecular complexity index is 1550. The number of hydrogen-bond donors (Lipinski definition) is 2. The number of nitrogens with zero attached hydrogens (tertiary/aromatic N) is 2. The Labute approximate surface area is 223 Å². The number of aromatic nitrogens is 1. The average molecular weight is 559 g/mol. The van der Waals surface area contributed by atoms with Gasteiger partial charge in [-0.15, -0.1) is 0 Å². The highest BCUT2D eigenvalue weighted by atomic mass is 32.2. The van der Waals surface area contributed by atoms with Crippen molar-refractivity contribution >= 4 is 38.1 Å². The largest absolute Gasteiger partial charge is 0.491 e. The summed E-state index contributed by atoms with van der Waals surface area (Å²) in [7, 11) is -3.77. The number of carbonyl (C=O) groups excluding carboxylic acids is 2. The molecule has 0 bridgehead atoms. The Hall–Kier alpha value is -3.35. The molecule has 1 aromatic heterocycles. The number of halogens is 1. The van der Waals surface area contributed by atoms with Gasteiger partial charge < -0.3 is 20.7 Å². The van der Waals surface area contributed by atoms with Crippen molar-refractivity contribution in [1.29, 1.82) is 0 Å². The third kappa shape index (κ3) is 5.03. The first-order valence-electron chi connectivity index (χ1n) is 12.1. The molecular formula is C26H27FN4O5S2. The molecule has 3 aromatic rings. The van der Waals surface area contributed by atoms with E-state index in [-0.39, 0.29) is 43.2 Å². The second kappa shape index (κ2) is 9.75. The number of nitrogens with two attached hydrogens (primary N) is 1. The first-order valence-corrected chi connectivity index (χ1v) is 14.8. The molecule has 9 nitrogen and oxygen atoms in total. The van der Waals surface area contributed by atoms with Gasteiger partial charge in [-0.05, 0) is 55.2 Å². The maximum atomic E-state index is 15.1. The summed E-state index contributed by atoms with van der Waals surface area (Å²) in [6.07, 6.45) is 4.08. The molecule has 0 unspecified atom stereocenters. The van der Waals surface area contributed by atoms with Crippen LogP contribution in [0.2, 0.25) is 0 Å². The second-order valence-electron chi connectivity index (χ2n) is 9.57. The van der Waals surface area contributed by atoms with Gasteiger partial charge in [0.05, 0.1) is 17.0 Å². The van der Waals surface area contributed by atoms with Crippen LogP contribution in [0.4, 0.5) is 9.52 Å². The molecule has 0 spiro atoms. The van der Waals surface area contributed by atoms with E-state index in [1.54, 1.807) is 18.0 Å². The lowest BCUT2D eigenvalue weighted by atomic mass is 10.0. The fourth-order valence-electron chi connectivity index (χ4n) is 4.37. The van der Waals surface area contributed by atoms with Gasteiger partial charge in [0, 0.05) is 35.7 Å². The van der Waals surface area contributed by atoms with Crippen LogP contribution in [0.5, 0.6) is 5.75 Å². The lowest BCUT2D eigenvalue weighted by Gasteiger charge is -2.22. The van der Waals surface area contributed by atoms with Crippen LogP contribution in [0.15, 0.2) is 41.4 Å². The molecule has 200 valence electrons. The third-order valence-electron chi connectivity index (χ3n) is 6.77. The number of carbonyl (C=O) groups is 2. The van der Waals surface area contributed by atoms with Gasteiger partial charge in [0.2, 0.25) is 5.91 Å². The van der Waals surface area contributed by atoms with Gasteiger partial charge in [-0.3, -0.25) is 9.59 Å². The van der Waals surface area contributed by atoms with E-state index in [1.165, 1.54) is 17.4 Å². The van der Waals surface area contributed by atoms with Crippen molar-refractivity contribution in [2.45, 2.75) is 43.2 Å². The quantitative estimate of drug-likeness (QED) is 0.474. The number of hydrogen-bond acceptors (Lipinski definition) is 8. The first-order chi connectivity index (χ1) is 18.0. The van der Waals surface area contributed by atoms with E-state index in [4.69, 9.17) is 10.5 Å². The number of thiazole rings is 1. The van der Waals surface area contributed by atoms with Crippen molar-refractivity contribution in [3.8, 4) is 16.2 Å². The van der Waals surface area contributed by atoms with Crippen molar-refractivity contribution in [3.63, 3.8) is 0 Å². The monoisotopic (exact) mass is 558 g/mol. The minimum atomic E-state index is -3.77. The number of ether oxygens (including phenoxy) is 1. The van der Waals surface area contributed by atoms with Crippen LogP contribution in [0, 0.1) is 5.82 Å². The lowest BCUT2D eigenvalue weighted by Crippen LogP contribution is -2.37. The van der Waals surface area contributed by atoms with Crippen molar-refractivity contribution in [3.05, 3.63) is 59.0 Å². The first kappa shape index (κ1) is 26.3. The highest BCUT2D eigenvalue weighted by Crippen LogP contribution is 2.36. The normalized spacial score (nSPS) is 16.3.